The van der Waals surface area contributed by atoms with Gasteiger partial charge in [0.2, 0.25) is 0 Å². The molecule has 0 saturated carbocycles. The minimum Gasteiger partial charge on any atom is -0.481 e. The number of carbonyl (C=O) groups excluding carboxylic acids is 1. The number of carbonyl (C=O) groups is 2. The molecule has 0 aromatic heterocycles. The second-order valence-corrected chi connectivity index (χ2v) is 5.42. The normalized spacial score (nSPS) is 10.3. The van der Waals surface area contributed by atoms with E-state index in [0.29, 0.717) is 5.56 Å². The van der Waals surface area contributed by atoms with E-state index in [9.17, 15) is 9.59 Å². The number of nitrogens with one attached hydrogen (secondary N) is 1. The molecule has 0 atom stereocenters. The van der Waals surface area contributed by atoms with E-state index in [1.54, 1.807) is 12.1 Å². The molecule has 4 heteroatoms. The van der Waals surface area contributed by atoms with Crippen molar-refractivity contribution < 1.29 is 14.7 Å². The number of benzene rings is 2. The van der Waals surface area contributed by atoms with Gasteiger partial charge in [-0.25, -0.2) is 0 Å². The Morgan fingerprint density at radius 1 is 0.957 bits per heavy atom. The summed E-state index contributed by atoms with van der Waals surface area (Å²) in [5.41, 5.74) is 4.02. The number of hydrogen-bond donors (Lipinski definition) is 2. The quantitative estimate of drug-likeness (QED) is 0.822. The Morgan fingerprint density at radius 3 is 2.04 bits per heavy atom. The van der Waals surface area contributed by atoms with Crippen molar-refractivity contribution in [3.8, 4) is 11.1 Å². The van der Waals surface area contributed by atoms with Gasteiger partial charge in [-0.2, -0.15) is 0 Å². The van der Waals surface area contributed by atoms with Crippen LogP contribution in [0.1, 0.15) is 35.7 Å². The maximum absolute atomic E-state index is 11.9. The first kappa shape index (κ1) is 16.7. The second-order valence-electron chi connectivity index (χ2n) is 5.42. The van der Waals surface area contributed by atoms with Crippen LogP contribution < -0.4 is 5.32 Å². The van der Waals surface area contributed by atoms with E-state index >= 15 is 0 Å². The Morgan fingerprint density at radius 2 is 1.52 bits per heavy atom. The van der Waals surface area contributed by atoms with Crippen LogP contribution >= 0.6 is 0 Å². The van der Waals surface area contributed by atoms with E-state index in [-0.39, 0.29) is 18.9 Å². The topological polar surface area (TPSA) is 66.4 Å². The Bertz CT molecular complexity index is 660. The zero-order chi connectivity index (χ0) is 16.7. The van der Waals surface area contributed by atoms with Crippen molar-refractivity contribution in [3.05, 3.63) is 59.7 Å². The lowest BCUT2D eigenvalue weighted by Crippen LogP contribution is -2.25. The van der Waals surface area contributed by atoms with Gasteiger partial charge in [0.25, 0.3) is 5.91 Å². The van der Waals surface area contributed by atoms with Gasteiger partial charge in [-0.1, -0.05) is 49.7 Å². The third kappa shape index (κ3) is 4.95. The van der Waals surface area contributed by atoms with Crippen molar-refractivity contribution in [3.63, 3.8) is 0 Å². The summed E-state index contributed by atoms with van der Waals surface area (Å²) in [6.45, 7) is 2.29. The molecule has 23 heavy (non-hydrogen) atoms. The molecule has 0 bridgehead atoms. The first-order chi connectivity index (χ1) is 11.1. The van der Waals surface area contributed by atoms with Gasteiger partial charge in [0.15, 0.2) is 0 Å². The van der Waals surface area contributed by atoms with Gasteiger partial charge in [0.1, 0.15) is 0 Å². The molecule has 0 saturated heterocycles. The lowest BCUT2D eigenvalue weighted by atomic mass is 10.0. The third-order valence-corrected chi connectivity index (χ3v) is 3.60. The summed E-state index contributed by atoms with van der Waals surface area (Å²) in [5, 5.41) is 11.2. The zero-order valence-electron chi connectivity index (χ0n) is 13.2. The van der Waals surface area contributed by atoms with E-state index in [1.165, 1.54) is 5.56 Å². The van der Waals surface area contributed by atoms with Gasteiger partial charge in [-0.3, -0.25) is 9.59 Å². The molecule has 2 aromatic rings. The molecule has 120 valence electrons. The van der Waals surface area contributed by atoms with Gasteiger partial charge in [0.05, 0.1) is 6.42 Å². The Hall–Kier alpha value is -2.62. The van der Waals surface area contributed by atoms with Crippen molar-refractivity contribution in [2.75, 3.05) is 6.54 Å². The molecule has 0 aliphatic heterocycles. The zero-order valence-corrected chi connectivity index (χ0v) is 13.2. The van der Waals surface area contributed by atoms with Crippen LogP contribution in [0.3, 0.4) is 0 Å². The highest BCUT2D eigenvalue weighted by Gasteiger charge is 2.06. The summed E-state index contributed by atoms with van der Waals surface area (Å²) in [5.74, 6) is -1.18. The van der Waals surface area contributed by atoms with Gasteiger partial charge in [-0.15, -0.1) is 0 Å². The van der Waals surface area contributed by atoms with E-state index in [0.717, 1.165) is 24.0 Å². The van der Waals surface area contributed by atoms with E-state index < -0.39 is 5.97 Å². The highest BCUT2D eigenvalue weighted by molar-refractivity contribution is 5.94. The van der Waals surface area contributed by atoms with Crippen LogP contribution in [0.5, 0.6) is 0 Å². The van der Waals surface area contributed by atoms with Crippen LogP contribution in [-0.2, 0) is 11.2 Å². The van der Waals surface area contributed by atoms with Crippen LogP contribution in [0, 0.1) is 0 Å². The summed E-state index contributed by atoms with van der Waals surface area (Å²) in [6, 6.07) is 15.8. The second kappa shape index (κ2) is 8.13. The minimum absolute atomic E-state index is 0.0755. The molecule has 0 radical (unpaired) electrons. The standard InChI is InChI=1S/C19H21NO3/c1-2-3-14-4-6-15(7-5-14)16-8-10-17(11-9-16)19(23)20-13-12-18(21)22/h4-11H,2-3,12-13H2,1H3,(H,20,23)(H,21,22). The van der Waals surface area contributed by atoms with Crippen molar-refractivity contribution >= 4 is 11.9 Å². The van der Waals surface area contributed by atoms with Crippen molar-refractivity contribution in [2.24, 2.45) is 0 Å². The lowest BCUT2D eigenvalue weighted by Gasteiger charge is -2.06. The third-order valence-electron chi connectivity index (χ3n) is 3.60. The average molecular weight is 311 g/mol. The highest BCUT2D eigenvalue weighted by Crippen LogP contribution is 2.20. The number of hydrogen-bond acceptors (Lipinski definition) is 2. The molecule has 0 spiro atoms. The van der Waals surface area contributed by atoms with Crippen LogP contribution in [-0.4, -0.2) is 23.5 Å². The fourth-order valence-electron chi connectivity index (χ4n) is 2.35. The maximum atomic E-state index is 11.9. The highest BCUT2D eigenvalue weighted by atomic mass is 16.4. The molecule has 2 rings (SSSR count). The SMILES string of the molecule is CCCc1ccc(-c2ccc(C(=O)NCCC(=O)O)cc2)cc1. The molecule has 0 aliphatic carbocycles. The van der Waals surface area contributed by atoms with Crippen LogP contribution in [0.2, 0.25) is 0 Å². The molecular weight excluding hydrogens is 290 g/mol. The molecule has 4 nitrogen and oxygen atoms in total. The minimum atomic E-state index is -0.924. The fraction of sp³-hybridized carbons (Fsp3) is 0.263. The predicted molar refractivity (Wildman–Crippen MR) is 90.5 cm³/mol. The van der Waals surface area contributed by atoms with E-state index in [4.69, 9.17) is 5.11 Å². The summed E-state index contributed by atoms with van der Waals surface area (Å²) < 4.78 is 0. The molecule has 0 unspecified atom stereocenters. The smallest absolute Gasteiger partial charge is 0.305 e. The van der Waals surface area contributed by atoms with Crippen molar-refractivity contribution in [2.45, 2.75) is 26.2 Å². The lowest BCUT2D eigenvalue weighted by molar-refractivity contribution is -0.136. The average Bonchev–Trinajstić information content (AvgIpc) is 2.55. The first-order valence-corrected chi connectivity index (χ1v) is 7.79. The Kier molecular flexibility index (Phi) is 5.92. The molecule has 0 fully saturated rings. The predicted octanol–water partition coefficient (Wildman–Crippen LogP) is 3.51. The summed E-state index contributed by atoms with van der Waals surface area (Å²) in [4.78, 5) is 22.3. The number of amides is 1. The molecule has 0 heterocycles. The molecule has 2 aromatic carbocycles. The van der Waals surface area contributed by atoms with Crippen LogP contribution in [0.25, 0.3) is 11.1 Å². The summed E-state index contributed by atoms with van der Waals surface area (Å²) >= 11 is 0. The van der Waals surface area contributed by atoms with Gasteiger partial charge in [-0.05, 0) is 35.2 Å². The number of carboxylic acids is 1. The summed E-state index contributed by atoms with van der Waals surface area (Å²) in [6.07, 6.45) is 2.13. The molecule has 1 amide bonds. The first-order valence-electron chi connectivity index (χ1n) is 7.79. The Balaban J connectivity index is 2.01. The van der Waals surface area contributed by atoms with Gasteiger partial charge < -0.3 is 10.4 Å². The van der Waals surface area contributed by atoms with E-state index in [2.05, 4.69) is 36.5 Å². The van der Waals surface area contributed by atoms with E-state index in [1.807, 2.05) is 12.1 Å². The largest absolute Gasteiger partial charge is 0.481 e. The monoisotopic (exact) mass is 311 g/mol. The number of carboxylic acid groups (broad SMARTS) is 1. The fourth-order valence-corrected chi connectivity index (χ4v) is 2.35. The number of aryl methyl sites for hydroxylation is 1. The van der Waals surface area contributed by atoms with Gasteiger partial charge in [0, 0.05) is 12.1 Å². The molecule has 0 aliphatic rings. The van der Waals surface area contributed by atoms with Gasteiger partial charge >= 0.3 is 5.97 Å². The number of aliphatic carboxylic acids is 1. The maximum Gasteiger partial charge on any atom is 0.305 e. The summed E-state index contributed by atoms with van der Waals surface area (Å²) in [7, 11) is 0. The van der Waals surface area contributed by atoms with Crippen molar-refractivity contribution in [1.82, 2.24) is 5.32 Å². The number of rotatable bonds is 7. The molecule has 2 N–H and O–H groups in total. The van der Waals surface area contributed by atoms with Crippen LogP contribution in [0.15, 0.2) is 48.5 Å². The molecular formula is C19H21NO3. The Labute approximate surface area is 136 Å². The van der Waals surface area contributed by atoms with Crippen molar-refractivity contribution in [1.29, 1.82) is 0 Å². The van der Waals surface area contributed by atoms with Crippen LogP contribution in [0.4, 0.5) is 0 Å².